The predicted octanol–water partition coefficient (Wildman–Crippen LogP) is 13.4. The maximum absolute atomic E-state index is 4.92. The van der Waals surface area contributed by atoms with E-state index in [4.69, 9.17) is 9.97 Å². The number of benzene rings is 6. The molecule has 0 saturated heterocycles. The van der Waals surface area contributed by atoms with Gasteiger partial charge in [0, 0.05) is 53.5 Å². The first-order valence-corrected chi connectivity index (χ1v) is 19.6. The van der Waals surface area contributed by atoms with Gasteiger partial charge in [-0.05, 0) is 133 Å². The van der Waals surface area contributed by atoms with Crippen molar-refractivity contribution in [3.8, 4) is 56.2 Å². The fourth-order valence-corrected chi connectivity index (χ4v) is 8.36. The number of anilines is 3. The van der Waals surface area contributed by atoms with Crippen LogP contribution < -0.4 is 4.90 Å². The summed E-state index contributed by atoms with van der Waals surface area (Å²) in [6.45, 7) is 0. The Labute approximate surface area is 341 Å². The Hall–Kier alpha value is -8.09. The Balaban J connectivity index is 1.10. The van der Waals surface area contributed by atoms with Crippen molar-refractivity contribution in [1.29, 1.82) is 0 Å². The van der Waals surface area contributed by atoms with E-state index in [-0.39, 0.29) is 0 Å². The molecule has 0 fully saturated rings. The van der Waals surface area contributed by atoms with Gasteiger partial charge < -0.3 is 4.90 Å². The average molecular weight is 755 g/mol. The van der Waals surface area contributed by atoms with Crippen molar-refractivity contribution in [2.24, 2.45) is 0 Å². The minimum Gasteiger partial charge on any atom is -0.309 e. The van der Waals surface area contributed by atoms with Crippen LogP contribution in [0.3, 0.4) is 0 Å². The zero-order valence-corrected chi connectivity index (χ0v) is 31.8. The molecule has 0 unspecified atom stereocenters. The summed E-state index contributed by atoms with van der Waals surface area (Å²) in [5.74, 6) is 0. The van der Waals surface area contributed by atoms with E-state index in [1.54, 1.807) is 12.4 Å². The number of rotatable bonds is 8. The summed E-state index contributed by atoms with van der Waals surface area (Å²) in [5.41, 5.74) is 13.2. The van der Waals surface area contributed by atoms with Gasteiger partial charge in [-0.2, -0.15) is 0 Å². The van der Waals surface area contributed by atoms with Gasteiger partial charge in [0.25, 0.3) is 0 Å². The minimum atomic E-state index is 0.840. The Bertz CT molecular complexity index is 3170. The molecule has 0 aliphatic heterocycles. The van der Waals surface area contributed by atoms with Gasteiger partial charge in [0.15, 0.2) is 0 Å². The van der Waals surface area contributed by atoms with Crippen LogP contribution in [0.5, 0.6) is 0 Å². The molecule has 6 heteroatoms. The van der Waals surface area contributed by atoms with Crippen LogP contribution in [0.25, 0.3) is 88.5 Å². The summed E-state index contributed by atoms with van der Waals surface area (Å²) in [4.78, 5) is 25.5. The summed E-state index contributed by atoms with van der Waals surface area (Å²) in [6.07, 6.45) is 11.3. The zero-order valence-electron chi connectivity index (χ0n) is 31.8. The molecular weight excluding hydrogens is 721 g/mol. The van der Waals surface area contributed by atoms with E-state index in [0.717, 1.165) is 73.2 Å². The smallest absolute Gasteiger partial charge is 0.0886 e. The molecule has 11 rings (SSSR count). The third-order valence-electron chi connectivity index (χ3n) is 11.1. The van der Waals surface area contributed by atoms with Crippen molar-refractivity contribution in [2.75, 3.05) is 4.90 Å². The van der Waals surface area contributed by atoms with E-state index < -0.39 is 0 Å². The van der Waals surface area contributed by atoms with Crippen LogP contribution in [0.2, 0.25) is 0 Å². The van der Waals surface area contributed by atoms with Crippen molar-refractivity contribution < 1.29 is 0 Å². The second kappa shape index (κ2) is 14.4. The standard InChI is InChI=1S/C53H34N6/c1-2-9-39(10-3-1)59(41-11-8-28-54-34-41)40-20-14-35(15-21-40)46-31-47(38-19-27-51(58-33-38)49-13-5-7-30-56-49)44-23-17-36-16-22-42(43-24-25-45(46)53(44)52(36)43)37-18-26-50(57-32-37)48-12-4-6-29-55-48/h1-34H. The number of aromatic nitrogens is 5. The molecule has 0 spiro atoms. The molecule has 0 bridgehead atoms. The van der Waals surface area contributed by atoms with Crippen molar-refractivity contribution in [1.82, 2.24) is 24.9 Å². The van der Waals surface area contributed by atoms with E-state index in [9.17, 15) is 0 Å². The lowest BCUT2D eigenvalue weighted by atomic mass is 9.84. The molecular formula is C53H34N6. The Morgan fingerprint density at radius 3 is 1.47 bits per heavy atom. The van der Waals surface area contributed by atoms with E-state index in [0.29, 0.717) is 0 Å². The molecule has 5 heterocycles. The second-order valence-corrected chi connectivity index (χ2v) is 14.6. The fourth-order valence-electron chi connectivity index (χ4n) is 8.36. The van der Waals surface area contributed by atoms with Gasteiger partial charge >= 0.3 is 0 Å². The summed E-state index contributed by atoms with van der Waals surface area (Å²) in [7, 11) is 0. The summed E-state index contributed by atoms with van der Waals surface area (Å²) < 4.78 is 0. The molecule has 11 aromatic rings. The summed E-state index contributed by atoms with van der Waals surface area (Å²) >= 11 is 0. The van der Waals surface area contributed by atoms with Crippen LogP contribution in [0.15, 0.2) is 207 Å². The van der Waals surface area contributed by atoms with Crippen molar-refractivity contribution >= 4 is 49.4 Å². The number of nitrogens with zero attached hydrogens (tertiary/aromatic N) is 6. The van der Waals surface area contributed by atoms with Crippen LogP contribution in [0.1, 0.15) is 0 Å². The first-order chi connectivity index (χ1) is 29.3. The lowest BCUT2D eigenvalue weighted by Gasteiger charge is -2.25. The summed E-state index contributed by atoms with van der Waals surface area (Å²) in [6, 6.07) is 59.5. The highest BCUT2D eigenvalue weighted by Crippen LogP contribution is 2.46. The second-order valence-electron chi connectivity index (χ2n) is 14.6. The lowest BCUT2D eigenvalue weighted by molar-refractivity contribution is 1.23. The quantitative estimate of drug-likeness (QED) is 0.144. The maximum Gasteiger partial charge on any atom is 0.0886 e. The molecule has 0 N–H and O–H groups in total. The molecule has 0 aliphatic carbocycles. The van der Waals surface area contributed by atoms with E-state index in [1.165, 1.54) is 32.3 Å². The van der Waals surface area contributed by atoms with Gasteiger partial charge in [-0.1, -0.05) is 91.0 Å². The minimum absolute atomic E-state index is 0.840. The SMILES string of the molecule is c1ccc(N(c2ccc(-c3cc(-c4ccc(-c5ccccn5)nc4)c4ccc5ccc(-c6ccc(-c7ccccn7)nc6)c6ccc3c4c56)cc2)c2cccnc2)cc1. The number of hydrogen-bond donors (Lipinski definition) is 0. The molecule has 6 nitrogen and oxygen atoms in total. The number of pyridine rings is 5. The van der Waals surface area contributed by atoms with Gasteiger partial charge in [0.05, 0.1) is 34.7 Å². The van der Waals surface area contributed by atoms with Gasteiger partial charge in [0.1, 0.15) is 0 Å². The monoisotopic (exact) mass is 754 g/mol. The van der Waals surface area contributed by atoms with Crippen LogP contribution in [-0.4, -0.2) is 24.9 Å². The van der Waals surface area contributed by atoms with Gasteiger partial charge in [-0.25, -0.2) is 0 Å². The molecule has 0 aliphatic rings. The van der Waals surface area contributed by atoms with Crippen LogP contribution >= 0.6 is 0 Å². The van der Waals surface area contributed by atoms with Crippen molar-refractivity contribution in [3.05, 3.63) is 207 Å². The average Bonchev–Trinajstić information content (AvgIpc) is 3.32. The Kier molecular flexibility index (Phi) is 8.37. The van der Waals surface area contributed by atoms with Gasteiger partial charge in [-0.3, -0.25) is 24.9 Å². The van der Waals surface area contributed by atoms with E-state index >= 15 is 0 Å². The van der Waals surface area contributed by atoms with Crippen LogP contribution in [-0.2, 0) is 0 Å². The highest BCUT2D eigenvalue weighted by atomic mass is 15.1. The Morgan fingerprint density at radius 1 is 0.322 bits per heavy atom. The fraction of sp³-hybridized carbons (Fsp3) is 0. The first-order valence-electron chi connectivity index (χ1n) is 19.6. The van der Waals surface area contributed by atoms with E-state index in [1.807, 2.05) is 73.3 Å². The topological polar surface area (TPSA) is 67.7 Å². The third-order valence-corrected chi connectivity index (χ3v) is 11.1. The molecule has 0 amide bonds. The highest BCUT2D eigenvalue weighted by Gasteiger charge is 2.20. The zero-order chi connectivity index (χ0) is 39.1. The Morgan fingerprint density at radius 2 is 0.864 bits per heavy atom. The highest BCUT2D eigenvalue weighted by molar-refractivity contribution is 6.30. The van der Waals surface area contributed by atoms with Crippen molar-refractivity contribution in [3.63, 3.8) is 0 Å². The molecule has 5 aromatic heterocycles. The normalized spacial score (nSPS) is 11.4. The largest absolute Gasteiger partial charge is 0.309 e. The van der Waals surface area contributed by atoms with Crippen LogP contribution in [0.4, 0.5) is 17.1 Å². The molecule has 6 aromatic carbocycles. The van der Waals surface area contributed by atoms with Crippen LogP contribution in [0, 0.1) is 0 Å². The molecule has 59 heavy (non-hydrogen) atoms. The number of hydrogen-bond acceptors (Lipinski definition) is 6. The maximum atomic E-state index is 4.92. The van der Waals surface area contributed by atoms with Gasteiger partial charge in [0.2, 0.25) is 0 Å². The first kappa shape index (κ1) is 34.2. The predicted molar refractivity (Wildman–Crippen MR) is 241 cm³/mol. The van der Waals surface area contributed by atoms with Gasteiger partial charge in [-0.15, -0.1) is 0 Å². The molecule has 0 radical (unpaired) electrons. The molecule has 276 valence electrons. The van der Waals surface area contributed by atoms with Crippen molar-refractivity contribution in [2.45, 2.75) is 0 Å². The third kappa shape index (κ3) is 6.11. The van der Waals surface area contributed by atoms with E-state index in [2.05, 4.69) is 141 Å². The molecule has 0 atom stereocenters. The number of para-hydroxylation sites is 1. The molecule has 0 saturated carbocycles. The lowest BCUT2D eigenvalue weighted by Crippen LogP contribution is -2.09. The summed E-state index contributed by atoms with van der Waals surface area (Å²) in [5, 5.41) is 7.21.